The second-order valence-corrected chi connectivity index (χ2v) is 4.74. The summed E-state index contributed by atoms with van der Waals surface area (Å²) in [6.07, 6.45) is 0. The number of hydrogen-bond acceptors (Lipinski definition) is 1. The Morgan fingerprint density at radius 1 is 1.00 bits per heavy atom. The Morgan fingerprint density at radius 3 is 2.19 bits per heavy atom. The van der Waals surface area contributed by atoms with Crippen molar-refractivity contribution in [1.82, 2.24) is 0 Å². The molecular weight excluding hydrogens is 262 g/mol. The van der Waals surface area contributed by atoms with Crippen molar-refractivity contribution >= 4 is 15.9 Å². The van der Waals surface area contributed by atoms with Crippen LogP contribution in [0.2, 0.25) is 0 Å². The van der Waals surface area contributed by atoms with Crippen LogP contribution in [0.5, 0.6) is 0 Å². The summed E-state index contributed by atoms with van der Waals surface area (Å²) in [6.45, 7) is 1.99. The number of hydrogen-bond donors (Lipinski definition) is 1. The monoisotopic (exact) mass is 275 g/mol. The van der Waals surface area contributed by atoms with Crippen LogP contribution >= 0.6 is 15.9 Å². The molecule has 2 aromatic rings. The van der Waals surface area contributed by atoms with E-state index in [9.17, 15) is 0 Å². The molecule has 0 bridgehead atoms. The normalized spacial score (nSPS) is 12.4. The molecule has 2 N–H and O–H groups in total. The molecule has 0 amide bonds. The first-order valence-corrected chi connectivity index (χ1v) is 6.08. The zero-order valence-electron chi connectivity index (χ0n) is 9.15. The summed E-state index contributed by atoms with van der Waals surface area (Å²) in [5.41, 5.74) is 9.40. The standard InChI is InChI=1S/C14H14BrN/c1-10(16)11-6-8-12(9-7-11)13-4-2-3-5-14(13)15/h2-10H,16H2,1H3. The van der Waals surface area contributed by atoms with Gasteiger partial charge in [-0.25, -0.2) is 0 Å². The number of rotatable bonds is 2. The maximum atomic E-state index is 5.82. The van der Waals surface area contributed by atoms with Crippen LogP contribution in [0.1, 0.15) is 18.5 Å². The highest BCUT2D eigenvalue weighted by molar-refractivity contribution is 9.10. The molecule has 0 fully saturated rings. The van der Waals surface area contributed by atoms with Crippen LogP contribution in [0, 0.1) is 0 Å². The van der Waals surface area contributed by atoms with E-state index in [1.807, 2.05) is 19.1 Å². The van der Waals surface area contributed by atoms with Gasteiger partial charge in [0.1, 0.15) is 0 Å². The van der Waals surface area contributed by atoms with Gasteiger partial charge in [0.25, 0.3) is 0 Å². The molecule has 0 saturated carbocycles. The molecular formula is C14H14BrN. The largest absolute Gasteiger partial charge is 0.324 e. The van der Waals surface area contributed by atoms with Gasteiger partial charge in [0.05, 0.1) is 0 Å². The lowest BCUT2D eigenvalue weighted by molar-refractivity contribution is 0.818. The molecule has 82 valence electrons. The maximum absolute atomic E-state index is 5.82. The van der Waals surface area contributed by atoms with Crippen molar-refractivity contribution < 1.29 is 0 Å². The summed E-state index contributed by atoms with van der Waals surface area (Å²) >= 11 is 3.56. The molecule has 2 heteroatoms. The van der Waals surface area contributed by atoms with Crippen LogP contribution in [0.4, 0.5) is 0 Å². The lowest BCUT2D eigenvalue weighted by Crippen LogP contribution is -2.04. The van der Waals surface area contributed by atoms with E-state index in [4.69, 9.17) is 5.73 Å². The second kappa shape index (κ2) is 4.81. The maximum Gasteiger partial charge on any atom is 0.0266 e. The molecule has 0 saturated heterocycles. The lowest BCUT2D eigenvalue weighted by atomic mass is 10.0. The van der Waals surface area contributed by atoms with E-state index in [-0.39, 0.29) is 6.04 Å². The summed E-state index contributed by atoms with van der Waals surface area (Å²) < 4.78 is 1.11. The molecule has 0 radical (unpaired) electrons. The van der Waals surface area contributed by atoms with Gasteiger partial charge in [-0.2, -0.15) is 0 Å². The Hall–Kier alpha value is -1.12. The Balaban J connectivity index is 2.39. The summed E-state index contributed by atoms with van der Waals surface area (Å²) in [4.78, 5) is 0. The van der Waals surface area contributed by atoms with E-state index < -0.39 is 0 Å². The molecule has 1 unspecified atom stereocenters. The molecule has 2 aromatic carbocycles. The molecule has 0 spiro atoms. The van der Waals surface area contributed by atoms with Gasteiger partial charge < -0.3 is 5.73 Å². The lowest BCUT2D eigenvalue weighted by Gasteiger charge is -2.08. The second-order valence-electron chi connectivity index (χ2n) is 3.89. The van der Waals surface area contributed by atoms with E-state index in [1.54, 1.807) is 0 Å². The Morgan fingerprint density at radius 2 is 1.62 bits per heavy atom. The van der Waals surface area contributed by atoms with Crippen molar-refractivity contribution in [2.24, 2.45) is 5.73 Å². The van der Waals surface area contributed by atoms with Crippen LogP contribution in [0.3, 0.4) is 0 Å². The molecule has 0 aliphatic rings. The van der Waals surface area contributed by atoms with Crippen LogP contribution in [0.15, 0.2) is 53.0 Å². The number of nitrogens with two attached hydrogens (primary N) is 1. The third kappa shape index (κ3) is 2.34. The Kier molecular flexibility index (Phi) is 3.42. The van der Waals surface area contributed by atoms with E-state index in [1.165, 1.54) is 11.1 Å². The molecule has 1 nitrogen and oxygen atoms in total. The molecule has 2 rings (SSSR count). The van der Waals surface area contributed by atoms with Crippen LogP contribution < -0.4 is 5.73 Å². The van der Waals surface area contributed by atoms with E-state index >= 15 is 0 Å². The first kappa shape index (κ1) is 11.4. The minimum absolute atomic E-state index is 0.0910. The fourth-order valence-corrected chi connectivity index (χ4v) is 2.18. The summed E-state index contributed by atoms with van der Waals surface area (Å²) in [5, 5.41) is 0. The third-order valence-electron chi connectivity index (χ3n) is 2.62. The Bertz CT molecular complexity index is 474. The van der Waals surface area contributed by atoms with Crippen LogP contribution in [-0.4, -0.2) is 0 Å². The third-order valence-corrected chi connectivity index (χ3v) is 3.31. The number of halogens is 1. The highest BCUT2D eigenvalue weighted by Crippen LogP contribution is 2.28. The molecule has 0 aliphatic heterocycles. The van der Waals surface area contributed by atoms with Gasteiger partial charge in [0.2, 0.25) is 0 Å². The highest BCUT2D eigenvalue weighted by atomic mass is 79.9. The Labute approximate surface area is 104 Å². The van der Waals surface area contributed by atoms with Crippen LogP contribution in [-0.2, 0) is 0 Å². The van der Waals surface area contributed by atoms with Gasteiger partial charge >= 0.3 is 0 Å². The van der Waals surface area contributed by atoms with Crippen molar-refractivity contribution in [3.63, 3.8) is 0 Å². The van der Waals surface area contributed by atoms with Gasteiger partial charge in [-0.15, -0.1) is 0 Å². The van der Waals surface area contributed by atoms with Gasteiger partial charge in [-0.3, -0.25) is 0 Å². The van der Waals surface area contributed by atoms with Crippen molar-refractivity contribution in [2.45, 2.75) is 13.0 Å². The fraction of sp³-hybridized carbons (Fsp3) is 0.143. The zero-order chi connectivity index (χ0) is 11.5. The van der Waals surface area contributed by atoms with Gasteiger partial charge in [0, 0.05) is 10.5 Å². The minimum atomic E-state index is 0.0910. The smallest absolute Gasteiger partial charge is 0.0266 e. The summed E-state index contributed by atoms with van der Waals surface area (Å²) in [5.74, 6) is 0. The van der Waals surface area contributed by atoms with Crippen molar-refractivity contribution in [3.05, 3.63) is 58.6 Å². The summed E-state index contributed by atoms with van der Waals surface area (Å²) in [7, 11) is 0. The van der Waals surface area contributed by atoms with Gasteiger partial charge in [-0.1, -0.05) is 58.4 Å². The molecule has 0 aliphatic carbocycles. The molecule has 16 heavy (non-hydrogen) atoms. The average Bonchev–Trinajstić information content (AvgIpc) is 2.30. The van der Waals surface area contributed by atoms with Gasteiger partial charge in [-0.05, 0) is 29.7 Å². The molecule has 1 atom stereocenters. The minimum Gasteiger partial charge on any atom is -0.324 e. The van der Waals surface area contributed by atoms with Crippen LogP contribution in [0.25, 0.3) is 11.1 Å². The molecule has 0 heterocycles. The predicted octanol–water partition coefficient (Wildman–Crippen LogP) is 4.14. The summed E-state index contributed by atoms with van der Waals surface area (Å²) in [6, 6.07) is 16.7. The van der Waals surface area contributed by atoms with Crippen molar-refractivity contribution in [3.8, 4) is 11.1 Å². The average molecular weight is 276 g/mol. The SMILES string of the molecule is CC(N)c1ccc(-c2ccccc2Br)cc1. The van der Waals surface area contributed by atoms with E-state index in [0.717, 1.165) is 10.0 Å². The van der Waals surface area contributed by atoms with Gasteiger partial charge in [0.15, 0.2) is 0 Å². The predicted molar refractivity (Wildman–Crippen MR) is 72.2 cm³/mol. The molecule has 0 aromatic heterocycles. The first-order chi connectivity index (χ1) is 7.68. The topological polar surface area (TPSA) is 26.0 Å². The quantitative estimate of drug-likeness (QED) is 0.876. The number of benzene rings is 2. The van der Waals surface area contributed by atoms with E-state index in [0.29, 0.717) is 0 Å². The highest BCUT2D eigenvalue weighted by Gasteiger charge is 2.03. The fourth-order valence-electron chi connectivity index (χ4n) is 1.66. The first-order valence-electron chi connectivity index (χ1n) is 5.29. The van der Waals surface area contributed by atoms with Crippen molar-refractivity contribution in [1.29, 1.82) is 0 Å². The van der Waals surface area contributed by atoms with E-state index in [2.05, 4.69) is 52.3 Å². The van der Waals surface area contributed by atoms with Crippen molar-refractivity contribution in [2.75, 3.05) is 0 Å². The zero-order valence-corrected chi connectivity index (χ0v) is 10.7.